The van der Waals surface area contributed by atoms with Crippen molar-refractivity contribution in [2.24, 2.45) is 0 Å². The van der Waals surface area contributed by atoms with Gasteiger partial charge in [-0.3, -0.25) is 0 Å². The normalized spacial score (nSPS) is 11.4. The standard InChI is InChI=1S/C10H10Br4/c1-5-3-7(9(11)12)8(10(13)14)4-6(5)2/h3-4,9-10H,1-2H3. The number of aryl methyl sites for hydroxylation is 2. The summed E-state index contributed by atoms with van der Waals surface area (Å²) in [6.07, 6.45) is 0. The molecule has 0 aliphatic heterocycles. The van der Waals surface area contributed by atoms with Gasteiger partial charge in [0.1, 0.15) is 0 Å². The molecule has 1 aromatic carbocycles. The Bertz CT molecular complexity index is 298. The van der Waals surface area contributed by atoms with E-state index in [9.17, 15) is 0 Å². The largest absolute Gasteiger partial charge is 0.0949 e. The van der Waals surface area contributed by atoms with Crippen molar-refractivity contribution in [3.8, 4) is 0 Å². The molecule has 0 bridgehead atoms. The summed E-state index contributed by atoms with van der Waals surface area (Å²) in [6.45, 7) is 4.25. The van der Waals surface area contributed by atoms with Gasteiger partial charge >= 0.3 is 0 Å². The fourth-order valence-electron chi connectivity index (χ4n) is 1.24. The van der Waals surface area contributed by atoms with Crippen LogP contribution in [0.15, 0.2) is 12.1 Å². The minimum atomic E-state index is 0.196. The van der Waals surface area contributed by atoms with Crippen molar-refractivity contribution < 1.29 is 0 Å². The lowest BCUT2D eigenvalue weighted by atomic mass is 10.0. The van der Waals surface area contributed by atoms with Gasteiger partial charge in [0.2, 0.25) is 0 Å². The summed E-state index contributed by atoms with van der Waals surface area (Å²) in [7, 11) is 0. The minimum Gasteiger partial charge on any atom is -0.0712 e. The van der Waals surface area contributed by atoms with Gasteiger partial charge in [-0.2, -0.15) is 0 Å². The van der Waals surface area contributed by atoms with Gasteiger partial charge in [0.05, 0.1) is 7.47 Å². The van der Waals surface area contributed by atoms with Crippen LogP contribution in [0.5, 0.6) is 0 Å². The predicted molar refractivity (Wildman–Crippen MR) is 77.1 cm³/mol. The number of hydrogen-bond acceptors (Lipinski definition) is 0. The lowest BCUT2D eigenvalue weighted by molar-refractivity contribution is 1.21. The van der Waals surface area contributed by atoms with E-state index in [1.807, 2.05) is 0 Å². The Morgan fingerprint density at radius 3 is 1.29 bits per heavy atom. The highest BCUT2D eigenvalue weighted by Crippen LogP contribution is 2.40. The Morgan fingerprint density at radius 1 is 0.786 bits per heavy atom. The zero-order chi connectivity index (χ0) is 10.9. The van der Waals surface area contributed by atoms with Crippen molar-refractivity contribution in [3.63, 3.8) is 0 Å². The molecule has 78 valence electrons. The SMILES string of the molecule is Cc1cc(C(Br)Br)c(C(Br)Br)cc1C. The lowest BCUT2D eigenvalue weighted by Crippen LogP contribution is -1.95. The van der Waals surface area contributed by atoms with Crippen LogP contribution in [0.4, 0.5) is 0 Å². The van der Waals surface area contributed by atoms with Crippen molar-refractivity contribution in [1.82, 2.24) is 0 Å². The van der Waals surface area contributed by atoms with Crippen molar-refractivity contribution in [2.75, 3.05) is 0 Å². The van der Waals surface area contributed by atoms with Crippen molar-refractivity contribution >= 4 is 63.7 Å². The zero-order valence-electron chi connectivity index (χ0n) is 7.82. The van der Waals surface area contributed by atoms with Crippen LogP contribution < -0.4 is 0 Å². The van der Waals surface area contributed by atoms with Crippen molar-refractivity contribution in [1.29, 1.82) is 0 Å². The van der Waals surface area contributed by atoms with Gasteiger partial charge < -0.3 is 0 Å². The van der Waals surface area contributed by atoms with E-state index in [1.54, 1.807) is 0 Å². The van der Waals surface area contributed by atoms with Gasteiger partial charge in [0.15, 0.2) is 0 Å². The van der Waals surface area contributed by atoms with E-state index in [4.69, 9.17) is 0 Å². The van der Waals surface area contributed by atoms with Gasteiger partial charge in [0.25, 0.3) is 0 Å². The molecule has 0 saturated heterocycles. The average molecular weight is 450 g/mol. The monoisotopic (exact) mass is 446 g/mol. The van der Waals surface area contributed by atoms with E-state index >= 15 is 0 Å². The number of alkyl halides is 4. The molecule has 0 unspecified atom stereocenters. The van der Waals surface area contributed by atoms with Gasteiger partial charge in [-0.25, -0.2) is 0 Å². The summed E-state index contributed by atoms with van der Waals surface area (Å²) in [5, 5.41) is 0. The lowest BCUT2D eigenvalue weighted by Gasteiger charge is -2.14. The Hall–Kier alpha value is 1.14. The second-order valence-corrected chi connectivity index (χ2v) is 9.29. The summed E-state index contributed by atoms with van der Waals surface area (Å²) >= 11 is 14.1. The second-order valence-electron chi connectivity index (χ2n) is 3.17. The van der Waals surface area contributed by atoms with E-state index < -0.39 is 0 Å². The van der Waals surface area contributed by atoms with Gasteiger partial charge in [-0.05, 0) is 36.1 Å². The summed E-state index contributed by atoms with van der Waals surface area (Å²) in [5.41, 5.74) is 5.14. The van der Waals surface area contributed by atoms with Crippen LogP contribution in [0.25, 0.3) is 0 Å². The molecule has 1 rings (SSSR count). The van der Waals surface area contributed by atoms with E-state index in [0.717, 1.165) is 0 Å². The maximum atomic E-state index is 3.54. The van der Waals surface area contributed by atoms with Crippen LogP contribution in [-0.4, -0.2) is 0 Å². The molecule has 1 aromatic rings. The van der Waals surface area contributed by atoms with Crippen LogP contribution in [-0.2, 0) is 0 Å². The molecule has 0 aliphatic rings. The van der Waals surface area contributed by atoms with Crippen LogP contribution >= 0.6 is 63.7 Å². The molecule has 14 heavy (non-hydrogen) atoms. The molecule has 0 heterocycles. The molecule has 0 nitrogen and oxygen atoms in total. The van der Waals surface area contributed by atoms with Crippen LogP contribution in [0.2, 0.25) is 0 Å². The topological polar surface area (TPSA) is 0 Å². The third-order valence-electron chi connectivity index (χ3n) is 2.17. The number of halogens is 4. The highest BCUT2D eigenvalue weighted by molar-refractivity contribution is 9.24. The Morgan fingerprint density at radius 2 is 1.07 bits per heavy atom. The summed E-state index contributed by atoms with van der Waals surface area (Å²) in [6, 6.07) is 4.41. The third-order valence-corrected chi connectivity index (χ3v) is 4.14. The summed E-state index contributed by atoms with van der Waals surface area (Å²) < 4.78 is 0.392. The van der Waals surface area contributed by atoms with E-state index in [1.165, 1.54) is 22.3 Å². The Kier molecular flexibility index (Phi) is 5.15. The molecule has 0 N–H and O–H groups in total. The number of hydrogen-bond donors (Lipinski definition) is 0. The first-order valence-electron chi connectivity index (χ1n) is 4.10. The third kappa shape index (κ3) is 3.06. The van der Waals surface area contributed by atoms with E-state index in [2.05, 4.69) is 89.7 Å². The molecule has 0 spiro atoms. The summed E-state index contributed by atoms with van der Waals surface area (Å²) in [5.74, 6) is 0. The minimum absolute atomic E-state index is 0.196. The number of benzene rings is 1. The second kappa shape index (κ2) is 5.46. The Labute approximate surface area is 118 Å². The molecule has 0 aromatic heterocycles. The maximum Gasteiger partial charge on any atom is 0.0949 e. The average Bonchev–Trinajstić information content (AvgIpc) is 2.08. The van der Waals surface area contributed by atoms with Gasteiger partial charge in [-0.1, -0.05) is 75.9 Å². The van der Waals surface area contributed by atoms with E-state index in [-0.39, 0.29) is 7.47 Å². The maximum absolute atomic E-state index is 3.54. The fourth-order valence-corrected chi connectivity index (χ4v) is 2.82. The first-order valence-corrected chi connectivity index (χ1v) is 7.77. The predicted octanol–water partition coefficient (Wildman–Crippen LogP) is 5.88. The molecular weight excluding hydrogens is 440 g/mol. The number of rotatable bonds is 2. The highest BCUT2D eigenvalue weighted by atomic mass is 79.9. The molecule has 0 fully saturated rings. The zero-order valence-corrected chi connectivity index (χ0v) is 14.2. The molecule has 0 saturated carbocycles. The Balaban J connectivity index is 3.31. The highest BCUT2D eigenvalue weighted by Gasteiger charge is 2.14. The van der Waals surface area contributed by atoms with Gasteiger partial charge in [0, 0.05) is 0 Å². The van der Waals surface area contributed by atoms with E-state index in [0.29, 0.717) is 0 Å². The smallest absolute Gasteiger partial charge is 0.0712 e. The van der Waals surface area contributed by atoms with Crippen LogP contribution in [0.1, 0.15) is 29.7 Å². The molecule has 4 heteroatoms. The van der Waals surface area contributed by atoms with Crippen LogP contribution in [0, 0.1) is 13.8 Å². The molecule has 0 amide bonds. The first kappa shape index (κ1) is 13.2. The van der Waals surface area contributed by atoms with Crippen molar-refractivity contribution in [3.05, 3.63) is 34.4 Å². The molecule has 0 aliphatic carbocycles. The molecule has 0 radical (unpaired) electrons. The van der Waals surface area contributed by atoms with Crippen LogP contribution in [0.3, 0.4) is 0 Å². The van der Waals surface area contributed by atoms with Gasteiger partial charge in [-0.15, -0.1) is 0 Å². The fraction of sp³-hybridized carbons (Fsp3) is 0.400. The van der Waals surface area contributed by atoms with Crippen molar-refractivity contribution in [2.45, 2.75) is 21.3 Å². The summed E-state index contributed by atoms with van der Waals surface area (Å²) in [4.78, 5) is 0. The molecular formula is C10H10Br4. The molecule has 0 atom stereocenters. The first-order chi connectivity index (χ1) is 6.43. The quantitative estimate of drug-likeness (QED) is 0.495.